The van der Waals surface area contributed by atoms with Gasteiger partial charge in [-0.25, -0.2) is 4.79 Å². The van der Waals surface area contributed by atoms with Gasteiger partial charge in [-0.3, -0.25) is 4.79 Å². The van der Waals surface area contributed by atoms with Gasteiger partial charge in [0, 0.05) is 0 Å². The Balaban J connectivity index is 3.88. The van der Waals surface area contributed by atoms with Gasteiger partial charge >= 0.3 is 12.3 Å². The van der Waals surface area contributed by atoms with E-state index in [1.54, 1.807) is 6.92 Å². The predicted octanol–water partition coefficient (Wildman–Crippen LogP) is 0.368. The molecule has 0 fully saturated rings. The molecule has 6 heteroatoms. The van der Waals surface area contributed by atoms with Crippen molar-refractivity contribution in [2.75, 3.05) is 0 Å². The van der Waals surface area contributed by atoms with Crippen molar-refractivity contribution in [3.05, 3.63) is 0 Å². The number of carboxylic acids is 1. The van der Waals surface area contributed by atoms with E-state index in [1.807, 2.05) is 22.6 Å². The quantitative estimate of drug-likeness (QED) is 0.339. The second-order valence-corrected chi connectivity index (χ2v) is 3.34. The van der Waals surface area contributed by atoms with Gasteiger partial charge in [-0.2, -0.15) is 0 Å². The molecule has 0 aliphatic heterocycles. The normalized spacial score (nSPS) is 15.1. The lowest BCUT2D eigenvalue weighted by Gasteiger charge is -2.12. The smallest absolute Gasteiger partial charge is 0.374 e. The molecular formula is C5H7IO5. The van der Waals surface area contributed by atoms with Gasteiger partial charge in [0.05, 0.1) is 0 Å². The molecule has 64 valence electrons. The Labute approximate surface area is 76.8 Å². The number of ether oxygens (including phenoxy) is 2. The Morgan fingerprint density at radius 1 is 1.73 bits per heavy atom. The molecule has 5 nitrogen and oxygen atoms in total. The van der Waals surface area contributed by atoms with Crippen LogP contribution in [0.3, 0.4) is 0 Å². The summed E-state index contributed by atoms with van der Waals surface area (Å²) in [7, 11) is 0. The summed E-state index contributed by atoms with van der Waals surface area (Å²) >= 11 is 1.85. The Morgan fingerprint density at radius 3 is 2.55 bits per heavy atom. The van der Waals surface area contributed by atoms with Gasteiger partial charge in [-0.05, 0) is 6.92 Å². The Bertz CT molecular complexity index is 146. The van der Waals surface area contributed by atoms with E-state index in [4.69, 9.17) is 5.11 Å². The topological polar surface area (TPSA) is 72.8 Å². The van der Waals surface area contributed by atoms with Gasteiger partial charge in [-0.15, -0.1) is 0 Å². The molecule has 0 aromatic rings. The van der Waals surface area contributed by atoms with E-state index in [1.165, 1.54) is 0 Å². The summed E-state index contributed by atoms with van der Waals surface area (Å²) in [4.78, 5) is 19.9. The molecule has 0 saturated heterocycles. The molecular weight excluding hydrogens is 267 g/mol. The maximum Gasteiger partial charge on any atom is 0.374 e. The third-order valence-corrected chi connectivity index (χ3v) is 0.985. The Morgan fingerprint density at radius 2 is 2.27 bits per heavy atom. The molecule has 0 bridgehead atoms. The molecule has 0 aliphatic carbocycles. The molecule has 0 saturated carbocycles. The summed E-state index contributed by atoms with van der Waals surface area (Å²) in [5.41, 5.74) is 0. The van der Waals surface area contributed by atoms with Gasteiger partial charge in [0.15, 0.2) is 0 Å². The fourth-order valence-electron chi connectivity index (χ4n) is 0.369. The van der Waals surface area contributed by atoms with Crippen LogP contribution in [-0.4, -0.2) is 27.9 Å². The van der Waals surface area contributed by atoms with Crippen molar-refractivity contribution >= 4 is 35.0 Å². The number of carbonyl (C=O) groups excluding carboxylic acids is 1. The highest BCUT2D eigenvalue weighted by atomic mass is 127. The molecule has 0 radical (unpaired) electrons. The van der Waals surface area contributed by atoms with Gasteiger partial charge in [0.2, 0.25) is 0 Å². The number of rotatable bonds is 5. The van der Waals surface area contributed by atoms with Gasteiger partial charge in [-0.1, -0.05) is 22.6 Å². The van der Waals surface area contributed by atoms with E-state index >= 15 is 0 Å². The largest absolute Gasteiger partial charge is 0.477 e. The van der Waals surface area contributed by atoms with Crippen molar-refractivity contribution < 1.29 is 24.2 Å². The summed E-state index contributed by atoms with van der Waals surface area (Å²) in [6, 6.07) is 0. The van der Waals surface area contributed by atoms with Crippen molar-refractivity contribution in [3.63, 3.8) is 0 Å². The standard InChI is InChI=1S/C5H7IO5/c1-3(6)11-5(4(8)9)10-2-7/h2-3,5H,1H3,(H,8,9). The number of halogens is 1. The van der Waals surface area contributed by atoms with Crippen LogP contribution in [0.5, 0.6) is 0 Å². The zero-order chi connectivity index (χ0) is 8.85. The van der Waals surface area contributed by atoms with Crippen molar-refractivity contribution in [3.8, 4) is 0 Å². The maximum absolute atomic E-state index is 10.2. The summed E-state index contributed by atoms with van der Waals surface area (Å²) in [6.45, 7) is 1.67. The summed E-state index contributed by atoms with van der Waals surface area (Å²) in [6.07, 6.45) is -1.50. The van der Waals surface area contributed by atoms with Crippen LogP contribution in [0.1, 0.15) is 6.92 Å². The van der Waals surface area contributed by atoms with Gasteiger partial charge in [0.25, 0.3) is 6.47 Å². The molecule has 0 amide bonds. The molecule has 0 aromatic heterocycles. The van der Waals surface area contributed by atoms with E-state index in [2.05, 4.69) is 9.47 Å². The van der Waals surface area contributed by atoms with Crippen LogP contribution < -0.4 is 0 Å². The van der Waals surface area contributed by atoms with E-state index in [-0.39, 0.29) is 10.6 Å². The fraction of sp³-hybridized carbons (Fsp3) is 0.600. The maximum atomic E-state index is 10.2. The van der Waals surface area contributed by atoms with E-state index < -0.39 is 12.3 Å². The first-order chi connectivity index (χ1) is 5.07. The summed E-state index contributed by atoms with van der Waals surface area (Å²) in [5, 5.41) is 8.34. The van der Waals surface area contributed by atoms with Crippen LogP contribution in [0.15, 0.2) is 0 Å². The van der Waals surface area contributed by atoms with Gasteiger partial charge in [0.1, 0.15) is 4.11 Å². The van der Waals surface area contributed by atoms with Crippen molar-refractivity contribution in [1.29, 1.82) is 0 Å². The minimum absolute atomic E-state index is 0.0395. The lowest BCUT2D eigenvalue weighted by molar-refractivity contribution is -0.189. The lowest BCUT2D eigenvalue weighted by atomic mass is 10.6. The third-order valence-electron chi connectivity index (χ3n) is 0.692. The second kappa shape index (κ2) is 5.30. The molecule has 1 N–H and O–H groups in total. The highest BCUT2D eigenvalue weighted by Crippen LogP contribution is 2.05. The number of aliphatic carboxylic acids is 1. The first-order valence-corrected chi connectivity index (χ1v) is 3.94. The Hall–Kier alpha value is -0.370. The van der Waals surface area contributed by atoms with E-state index in [0.717, 1.165) is 0 Å². The highest BCUT2D eigenvalue weighted by molar-refractivity contribution is 14.1. The van der Waals surface area contributed by atoms with Gasteiger partial charge < -0.3 is 14.6 Å². The zero-order valence-electron chi connectivity index (χ0n) is 5.69. The zero-order valence-corrected chi connectivity index (χ0v) is 7.85. The number of carbonyl (C=O) groups is 2. The van der Waals surface area contributed by atoms with Crippen LogP contribution >= 0.6 is 22.6 Å². The van der Waals surface area contributed by atoms with Crippen molar-refractivity contribution in [1.82, 2.24) is 0 Å². The Kier molecular flexibility index (Phi) is 5.12. The van der Waals surface area contributed by atoms with E-state index in [0.29, 0.717) is 0 Å². The van der Waals surface area contributed by atoms with Crippen LogP contribution in [0.25, 0.3) is 0 Å². The first-order valence-electron chi connectivity index (χ1n) is 2.69. The minimum atomic E-state index is -1.50. The SMILES string of the molecule is CC(I)OC(OC=O)C(=O)O. The molecule has 2 atom stereocenters. The van der Waals surface area contributed by atoms with Crippen molar-refractivity contribution in [2.24, 2.45) is 0 Å². The number of alkyl halides is 1. The van der Waals surface area contributed by atoms with Crippen molar-refractivity contribution in [2.45, 2.75) is 17.3 Å². The number of hydrogen-bond donors (Lipinski definition) is 1. The van der Waals surface area contributed by atoms with Crippen LogP contribution in [0.4, 0.5) is 0 Å². The van der Waals surface area contributed by atoms with Crippen LogP contribution in [-0.2, 0) is 19.1 Å². The lowest BCUT2D eigenvalue weighted by Crippen LogP contribution is -2.28. The molecule has 0 spiro atoms. The predicted molar refractivity (Wildman–Crippen MR) is 43.1 cm³/mol. The monoisotopic (exact) mass is 274 g/mol. The summed E-state index contributed by atoms with van der Waals surface area (Å²) in [5.74, 6) is -1.32. The number of hydrogen-bond acceptors (Lipinski definition) is 4. The minimum Gasteiger partial charge on any atom is -0.477 e. The molecule has 0 heterocycles. The van der Waals surface area contributed by atoms with E-state index in [9.17, 15) is 9.59 Å². The summed E-state index contributed by atoms with van der Waals surface area (Å²) < 4.78 is 8.47. The fourth-order valence-corrected chi connectivity index (χ4v) is 0.636. The number of carboxylic acid groups (broad SMARTS) is 1. The second-order valence-electron chi connectivity index (χ2n) is 1.58. The molecule has 2 unspecified atom stereocenters. The van der Waals surface area contributed by atoms with Crippen LogP contribution in [0, 0.1) is 0 Å². The van der Waals surface area contributed by atoms with Crippen LogP contribution in [0.2, 0.25) is 0 Å². The highest BCUT2D eigenvalue weighted by Gasteiger charge is 2.20. The molecule has 0 aromatic carbocycles. The molecule has 11 heavy (non-hydrogen) atoms. The average Bonchev–Trinajstić information content (AvgIpc) is 1.86. The third kappa shape index (κ3) is 4.96. The average molecular weight is 274 g/mol. The first kappa shape index (κ1) is 10.6. The molecule has 0 aliphatic rings. The molecule has 0 rings (SSSR count).